The molecule has 1 atom stereocenters. The molecule has 19 heavy (non-hydrogen) atoms. The lowest BCUT2D eigenvalue weighted by molar-refractivity contribution is 0.458. The first-order valence-electron chi connectivity index (χ1n) is 6.43. The molecule has 3 nitrogen and oxygen atoms in total. The molecule has 0 aliphatic heterocycles. The Balaban J connectivity index is 0.00000324. The lowest BCUT2D eigenvalue weighted by atomic mass is 10.4. The summed E-state index contributed by atoms with van der Waals surface area (Å²) >= 11 is 1.83. The summed E-state index contributed by atoms with van der Waals surface area (Å²) in [5.41, 5.74) is 5.95. The van der Waals surface area contributed by atoms with Crippen molar-refractivity contribution in [1.29, 1.82) is 0 Å². The molecule has 0 heterocycles. The van der Waals surface area contributed by atoms with E-state index in [1.54, 1.807) is 0 Å². The molecule has 0 saturated carbocycles. The fourth-order valence-electron chi connectivity index (χ4n) is 1.64. The van der Waals surface area contributed by atoms with Gasteiger partial charge >= 0.3 is 0 Å². The van der Waals surface area contributed by atoms with Crippen LogP contribution < -0.4 is 5.73 Å². The van der Waals surface area contributed by atoms with Crippen LogP contribution in [0.2, 0.25) is 0 Å². The highest BCUT2D eigenvalue weighted by Gasteiger charge is 2.06. The first-order chi connectivity index (χ1) is 8.67. The maximum Gasteiger partial charge on any atom is 0.191 e. The van der Waals surface area contributed by atoms with Crippen LogP contribution in [0.25, 0.3) is 0 Å². The standard InChI is InChI=1S/C14H23N3S.HI/c1-4-17(5-2)14(15)16-11-12(3)18-13-9-7-6-8-10-13;/h6-10,12H,4-5,11H2,1-3H3,(H2,15,16);1H. The second-order valence-corrected chi connectivity index (χ2v) is 5.62. The minimum absolute atomic E-state index is 0. The van der Waals surface area contributed by atoms with E-state index in [0.717, 1.165) is 19.6 Å². The van der Waals surface area contributed by atoms with E-state index >= 15 is 0 Å². The number of nitrogens with two attached hydrogens (primary N) is 1. The van der Waals surface area contributed by atoms with Gasteiger partial charge in [0.05, 0.1) is 6.54 Å². The zero-order valence-corrected chi connectivity index (χ0v) is 15.0. The molecular weight excluding hydrogens is 369 g/mol. The van der Waals surface area contributed by atoms with Crippen molar-refractivity contribution in [1.82, 2.24) is 4.90 Å². The summed E-state index contributed by atoms with van der Waals surface area (Å²) in [5.74, 6) is 0.653. The van der Waals surface area contributed by atoms with Crippen LogP contribution in [0.3, 0.4) is 0 Å². The number of guanidine groups is 1. The van der Waals surface area contributed by atoms with Gasteiger partial charge in [-0.15, -0.1) is 35.7 Å². The molecule has 1 aromatic rings. The van der Waals surface area contributed by atoms with Gasteiger partial charge in [0.1, 0.15) is 0 Å². The summed E-state index contributed by atoms with van der Waals surface area (Å²) in [4.78, 5) is 7.81. The Morgan fingerprint density at radius 1 is 1.26 bits per heavy atom. The summed E-state index contributed by atoms with van der Waals surface area (Å²) in [6.07, 6.45) is 0. The first-order valence-corrected chi connectivity index (χ1v) is 7.31. The summed E-state index contributed by atoms with van der Waals surface area (Å²) in [7, 11) is 0. The van der Waals surface area contributed by atoms with E-state index < -0.39 is 0 Å². The monoisotopic (exact) mass is 393 g/mol. The Morgan fingerprint density at radius 3 is 2.37 bits per heavy atom. The maximum absolute atomic E-state index is 5.95. The largest absolute Gasteiger partial charge is 0.370 e. The molecule has 2 N–H and O–H groups in total. The zero-order valence-electron chi connectivity index (χ0n) is 11.9. The Bertz CT molecular complexity index is 366. The van der Waals surface area contributed by atoms with Crippen molar-refractivity contribution in [2.75, 3.05) is 19.6 Å². The van der Waals surface area contributed by atoms with Crippen molar-refractivity contribution in [3.63, 3.8) is 0 Å². The lowest BCUT2D eigenvalue weighted by Gasteiger charge is -2.20. The highest BCUT2D eigenvalue weighted by atomic mass is 127. The number of halogens is 1. The summed E-state index contributed by atoms with van der Waals surface area (Å²) in [6.45, 7) is 8.93. The SMILES string of the molecule is CCN(CC)C(N)=NCC(C)Sc1ccccc1.I. The van der Waals surface area contributed by atoms with E-state index in [1.165, 1.54) is 4.90 Å². The molecule has 0 aromatic heterocycles. The van der Waals surface area contributed by atoms with Crippen LogP contribution in [0, 0.1) is 0 Å². The van der Waals surface area contributed by atoms with Crippen LogP contribution >= 0.6 is 35.7 Å². The smallest absolute Gasteiger partial charge is 0.191 e. The van der Waals surface area contributed by atoms with Gasteiger partial charge < -0.3 is 10.6 Å². The van der Waals surface area contributed by atoms with E-state index in [9.17, 15) is 0 Å². The minimum atomic E-state index is 0. The Labute approximate surface area is 138 Å². The highest BCUT2D eigenvalue weighted by molar-refractivity contribution is 14.0. The van der Waals surface area contributed by atoms with Gasteiger partial charge in [0.2, 0.25) is 0 Å². The predicted molar refractivity (Wildman–Crippen MR) is 96.6 cm³/mol. The van der Waals surface area contributed by atoms with Gasteiger partial charge in [0.25, 0.3) is 0 Å². The fourth-order valence-corrected chi connectivity index (χ4v) is 2.57. The fraction of sp³-hybridized carbons (Fsp3) is 0.500. The molecule has 5 heteroatoms. The van der Waals surface area contributed by atoms with Crippen molar-refractivity contribution >= 4 is 41.7 Å². The van der Waals surface area contributed by atoms with Crippen LogP contribution in [-0.2, 0) is 0 Å². The average Bonchev–Trinajstić information content (AvgIpc) is 2.39. The molecule has 0 radical (unpaired) electrons. The Morgan fingerprint density at radius 2 is 1.84 bits per heavy atom. The second kappa shape index (κ2) is 10.4. The normalized spacial score (nSPS) is 12.7. The second-order valence-electron chi connectivity index (χ2n) is 4.11. The molecule has 0 fully saturated rings. The average molecular weight is 393 g/mol. The number of benzene rings is 1. The number of rotatable bonds is 6. The molecule has 0 saturated heterocycles. The van der Waals surface area contributed by atoms with Gasteiger partial charge in [-0.1, -0.05) is 25.1 Å². The molecular formula is C14H24IN3S. The van der Waals surface area contributed by atoms with E-state index in [4.69, 9.17) is 5.73 Å². The molecule has 108 valence electrons. The first kappa shape index (κ1) is 18.6. The van der Waals surface area contributed by atoms with E-state index in [1.807, 2.05) is 17.8 Å². The van der Waals surface area contributed by atoms with Crippen molar-refractivity contribution in [2.45, 2.75) is 30.9 Å². The van der Waals surface area contributed by atoms with Crippen LogP contribution in [0.1, 0.15) is 20.8 Å². The summed E-state index contributed by atoms with van der Waals surface area (Å²) < 4.78 is 0. The van der Waals surface area contributed by atoms with Crippen molar-refractivity contribution < 1.29 is 0 Å². The van der Waals surface area contributed by atoms with Gasteiger partial charge in [0, 0.05) is 23.2 Å². The molecule has 0 amide bonds. The Kier molecular flexibility index (Phi) is 10.1. The third kappa shape index (κ3) is 7.06. The predicted octanol–water partition coefficient (Wildman–Crippen LogP) is 3.44. The van der Waals surface area contributed by atoms with Crippen molar-refractivity contribution in [2.24, 2.45) is 10.7 Å². The topological polar surface area (TPSA) is 41.6 Å². The lowest BCUT2D eigenvalue weighted by Crippen LogP contribution is -2.37. The van der Waals surface area contributed by atoms with Gasteiger partial charge in [0.15, 0.2) is 5.96 Å². The quantitative estimate of drug-likeness (QED) is 0.349. The maximum atomic E-state index is 5.95. The van der Waals surface area contributed by atoms with Gasteiger partial charge in [-0.05, 0) is 26.0 Å². The number of nitrogens with zero attached hydrogens (tertiary/aromatic N) is 2. The number of thioether (sulfide) groups is 1. The zero-order chi connectivity index (χ0) is 13.4. The van der Waals surface area contributed by atoms with Gasteiger partial charge in [-0.2, -0.15) is 0 Å². The van der Waals surface area contributed by atoms with Crippen molar-refractivity contribution in [3.8, 4) is 0 Å². The number of hydrogen-bond acceptors (Lipinski definition) is 2. The number of aliphatic imine (C=N–C) groups is 1. The molecule has 0 aliphatic rings. The van der Waals surface area contributed by atoms with Gasteiger partial charge in [-0.3, -0.25) is 4.99 Å². The molecule has 0 bridgehead atoms. The summed E-state index contributed by atoms with van der Waals surface area (Å²) in [5, 5.41) is 0.432. The van der Waals surface area contributed by atoms with Crippen molar-refractivity contribution in [3.05, 3.63) is 30.3 Å². The highest BCUT2D eigenvalue weighted by Crippen LogP contribution is 2.22. The van der Waals surface area contributed by atoms with E-state index in [2.05, 4.69) is 54.9 Å². The third-order valence-corrected chi connectivity index (χ3v) is 3.77. The molecule has 1 aromatic carbocycles. The Hall–Kier alpha value is -0.430. The third-order valence-electron chi connectivity index (χ3n) is 2.68. The molecule has 1 unspecified atom stereocenters. The van der Waals surface area contributed by atoms with Crippen LogP contribution in [0.4, 0.5) is 0 Å². The summed E-state index contributed by atoms with van der Waals surface area (Å²) in [6, 6.07) is 10.4. The van der Waals surface area contributed by atoms with Crippen LogP contribution in [0.5, 0.6) is 0 Å². The number of hydrogen-bond donors (Lipinski definition) is 1. The van der Waals surface area contributed by atoms with Gasteiger partial charge in [-0.25, -0.2) is 0 Å². The van der Waals surface area contributed by atoms with E-state index in [0.29, 0.717) is 11.2 Å². The van der Waals surface area contributed by atoms with Crippen LogP contribution in [0.15, 0.2) is 40.2 Å². The molecule has 0 spiro atoms. The molecule has 1 rings (SSSR count). The minimum Gasteiger partial charge on any atom is -0.370 e. The van der Waals surface area contributed by atoms with Crippen LogP contribution in [-0.4, -0.2) is 35.7 Å². The van der Waals surface area contributed by atoms with E-state index in [-0.39, 0.29) is 24.0 Å². The molecule has 0 aliphatic carbocycles.